The van der Waals surface area contributed by atoms with Crippen LogP contribution < -0.4 is 5.32 Å². The van der Waals surface area contributed by atoms with Crippen LogP contribution in [0.5, 0.6) is 0 Å². The average molecular weight is 387 g/mol. The molecule has 6 heteroatoms. The highest BCUT2D eigenvalue weighted by atomic mass is 16.7. The number of ether oxygens (including phenoxy) is 3. The first-order valence-electron chi connectivity index (χ1n) is 9.41. The summed E-state index contributed by atoms with van der Waals surface area (Å²) in [4.78, 5) is 23.7. The van der Waals surface area contributed by atoms with Crippen molar-refractivity contribution < 1.29 is 23.8 Å². The number of carbonyl (C=O) groups excluding carboxylic acids is 2. The molecule has 1 aliphatic rings. The van der Waals surface area contributed by atoms with Crippen LogP contribution in [0.2, 0.25) is 0 Å². The lowest BCUT2D eigenvalue weighted by Gasteiger charge is -2.39. The second kappa shape index (κ2) is 9.22. The Hall–Kier alpha value is -2.36. The Balaban J connectivity index is 1.97. The normalized spacial score (nSPS) is 21.2. The van der Waals surface area contributed by atoms with Gasteiger partial charge in [0.2, 0.25) is 5.78 Å². The van der Waals surface area contributed by atoms with Crippen molar-refractivity contribution in [1.82, 2.24) is 5.32 Å². The molecule has 0 bridgehead atoms. The van der Waals surface area contributed by atoms with Gasteiger partial charge < -0.3 is 19.5 Å². The van der Waals surface area contributed by atoms with E-state index in [0.29, 0.717) is 6.61 Å². The first kappa shape index (κ1) is 21.9. The Morgan fingerprint density at radius 1 is 1.25 bits per heavy atom. The lowest BCUT2D eigenvalue weighted by Crippen LogP contribution is -2.45. The van der Waals surface area contributed by atoms with Crippen LogP contribution in [0.1, 0.15) is 40.2 Å². The van der Waals surface area contributed by atoms with Gasteiger partial charge in [-0.05, 0) is 52.5 Å². The van der Waals surface area contributed by atoms with E-state index in [1.807, 2.05) is 44.2 Å². The van der Waals surface area contributed by atoms with E-state index >= 15 is 0 Å². The summed E-state index contributed by atoms with van der Waals surface area (Å²) >= 11 is 0. The first-order chi connectivity index (χ1) is 13.0. The van der Waals surface area contributed by atoms with Crippen molar-refractivity contribution in [3.05, 3.63) is 35.9 Å². The number of ketones is 1. The van der Waals surface area contributed by atoms with E-state index in [9.17, 15) is 9.59 Å². The molecule has 0 spiro atoms. The number of hydrogen-bond donors (Lipinski definition) is 1. The van der Waals surface area contributed by atoms with Crippen molar-refractivity contribution in [1.29, 1.82) is 0 Å². The van der Waals surface area contributed by atoms with E-state index in [4.69, 9.17) is 14.2 Å². The standard InChI is InChI=1S/C22H29NO5/c1-21(2,3)28-20(25)23-14-18(24)11-12-19-17(15-26-22(4,5)27-19)13-16-9-7-6-8-10-16/h6-10,17,19H,13-15H2,1-5H3,(H,23,25)/t17-,19-/m1/s1. The van der Waals surface area contributed by atoms with Crippen molar-refractivity contribution in [3.63, 3.8) is 0 Å². The molecule has 152 valence electrons. The van der Waals surface area contributed by atoms with Gasteiger partial charge >= 0.3 is 6.09 Å². The maximum Gasteiger partial charge on any atom is 0.408 e. The number of Topliss-reactive ketones (excluding diaryl/α,β-unsaturated/α-hetero) is 1. The highest BCUT2D eigenvalue weighted by Gasteiger charge is 2.35. The quantitative estimate of drug-likeness (QED) is 0.635. The van der Waals surface area contributed by atoms with Crippen molar-refractivity contribution in [2.75, 3.05) is 13.2 Å². The summed E-state index contributed by atoms with van der Waals surface area (Å²) in [5, 5.41) is 2.42. The molecule has 1 aromatic carbocycles. The van der Waals surface area contributed by atoms with E-state index < -0.39 is 29.4 Å². The monoisotopic (exact) mass is 387 g/mol. The Morgan fingerprint density at radius 3 is 2.57 bits per heavy atom. The first-order valence-corrected chi connectivity index (χ1v) is 9.41. The lowest BCUT2D eigenvalue weighted by molar-refractivity contribution is -0.279. The molecule has 2 rings (SSSR count). The zero-order chi connectivity index (χ0) is 20.8. The summed E-state index contributed by atoms with van der Waals surface area (Å²) in [5.41, 5.74) is 0.537. The summed E-state index contributed by atoms with van der Waals surface area (Å²) < 4.78 is 16.8. The zero-order valence-electron chi connectivity index (χ0n) is 17.2. The van der Waals surface area contributed by atoms with Crippen LogP contribution in [0.3, 0.4) is 0 Å². The summed E-state index contributed by atoms with van der Waals surface area (Å²) in [6.07, 6.45) is -0.344. The average Bonchev–Trinajstić information content (AvgIpc) is 2.59. The van der Waals surface area contributed by atoms with Gasteiger partial charge in [-0.3, -0.25) is 4.79 Å². The van der Waals surface area contributed by atoms with Crippen LogP contribution >= 0.6 is 0 Å². The Morgan fingerprint density at radius 2 is 1.93 bits per heavy atom. The predicted octanol–water partition coefficient (Wildman–Crippen LogP) is 3.09. The second-order valence-corrected chi connectivity index (χ2v) is 8.25. The van der Waals surface area contributed by atoms with Crippen molar-refractivity contribution >= 4 is 11.9 Å². The van der Waals surface area contributed by atoms with Gasteiger partial charge in [0.15, 0.2) is 5.79 Å². The fourth-order valence-corrected chi connectivity index (χ4v) is 2.72. The van der Waals surface area contributed by atoms with Crippen molar-refractivity contribution in [2.45, 2.75) is 58.5 Å². The Labute approximate surface area is 166 Å². The minimum absolute atomic E-state index is 0.00883. The van der Waals surface area contributed by atoms with Gasteiger partial charge in [-0.1, -0.05) is 36.3 Å². The zero-order valence-corrected chi connectivity index (χ0v) is 17.2. The van der Waals surface area contributed by atoms with Gasteiger partial charge in [-0.25, -0.2) is 4.79 Å². The molecule has 1 heterocycles. The molecule has 1 aromatic rings. The van der Waals surface area contributed by atoms with Crippen LogP contribution in [-0.2, 0) is 25.4 Å². The molecule has 1 saturated heterocycles. The van der Waals surface area contributed by atoms with Crippen LogP contribution in [0.25, 0.3) is 0 Å². The molecule has 0 aromatic heterocycles. The van der Waals surface area contributed by atoms with E-state index in [-0.39, 0.29) is 12.5 Å². The molecule has 1 aliphatic heterocycles. The molecule has 0 aliphatic carbocycles. The topological polar surface area (TPSA) is 73.9 Å². The number of benzene rings is 1. The third-order valence-electron chi connectivity index (χ3n) is 3.97. The van der Waals surface area contributed by atoms with Crippen molar-refractivity contribution in [3.8, 4) is 11.8 Å². The fraction of sp³-hybridized carbons (Fsp3) is 0.545. The lowest BCUT2D eigenvalue weighted by atomic mass is 9.93. The van der Waals surface area contributed by atoms with E-state index in [1.54, 1.807) is 20.8 Å². The number of alkyl carbamates (subject to hydrolysis) is 1. The Kier molecular flexibility index (Phi) is 7.22. The van der Waals surface area contributed by atoms with Gasteiger partial charge in [0.05, 0.1) is 13.2 Å². The smallest absolute Gasteiger partial charge is 0.408 e. The molecule has 1 amide bonds. The third-order valence-corrected chi connectivity index (χ3v) is 3.97. The summed E-state index contributed by atoms with van der Waals surface area (Å²) in [5.74, 6) is 4.35. The molecular weight excluding hydrogens is 358 g/mol. The summed E-state index contributed by atoms with van der Waals surface area (Å²) in [6, 6.07) is 10.0. The molecule has 1 fully saturated rings. The minimum atomic E-state index is -0.760. The van der Waals surface area contributed by atoms with Gasteiger partial charge in [0.1, 0.15) is 11.7 Å². The van der Waals surface area contributed by atoms with Gasteiger partial charge in [0, 0.05) is 5.92 Å². The van der Waals surface area contributed by atoms with E-state index in [2.05, 4.69) is 17.2 Å². The van der Waals surface area contributed by atoms with Crippen molar-refractivity contribution in [2.24, 2.45) is 5.92 Å². The molecule has 2 atom stereocenters. The molecule has 6 nitrogen and oxygen atoms in total. The predicted molar refractivity (Wildman–Crippen MR) is 106 cm³/mol. The van der Waals surface area contributed by atoms with Gasteiger partial charge in [0.25, 0.3) is 0 Å². The largest absolute Gasteiger partial charge is 0.444 e. The summed E-state index contributed by atoms with van der Waals surface area (Å²) in [7, 11) is 0. The van der Waals surface area contributed by atoms with Crippen LogP contribution in [0.4, 0.5) is 4.79 Å². The van der Waals surface area contributed by atoms with Gasteiger partial charge in [-0.15, -0.1) is 0 Å². The van der Waals surface area contributed by atoms with E-state index in [0.717, 1.165) is 12.0 Å². The third kappa shape index (κ3) is 7.71. The Bertz CT molecular complexity index is 740. The molecular formula is C22H29NO5. The van der Waals surface area contributed by atoms with Crippen LogP contribution in [-0.4, -0.2) is 42.5 Å². The SMILES string of the molecule is CC(C)(C)OC(=O)NCC(=O)C#C[C@H]1OC(C)(C)OC[C@H]1Cc1ccccc1. The molecule has 0 saturated carbocycles. The molecule has 1 N–H and O–H groups in total. The number of carbonyl (C=O) groups is 2. The highest BCUT2D eigenvalue weighted by Crippen LogP contribution is 2.28. The number of rotatable bonds is 4. The van der Waals surface area contributed by atoms with Crippen LogP contribution in [0.15, 0.2) is 30.3 Å². The fourth-order valence-electron chi connectivity index (χ4n) is 2.72. The van der Waals surface area contributed by atoms with E-state index in [1.165, 1.54) is 0 Å². The van der Waals surface area contributed by atoms with Gasteiger partial charge in [-0.2, -0.15) is 0 Å². The highest BCUT2D eigenvalue weighted by molar-refractivity contribution is 5.98. The second-order valence-electron chi connectivity index (χ2n) is 8.25. The maximum atomic E-state index is 12.1. The summed E-state index contributed by atoms with van der Waals surface area (Å²) in [6.45, 7) is 9.20. The minimum Gasteiger partial charge on any atom is -0.444 e. The number of amides is 1. The molecule has 0 unspecified atom stereocenters. The number of hydrogen-bond acceptors (Lipinski definition) is 5. The maximum absolute atomic E-state index is 12.1. The molecule has 28 heavy (non-hydrogen) atoms. The molecule has 0 radical (unpaired) electrons. The number of nitrogens with one attached hydrogen (secondary N) is 1. The van der Waals surface area contributed by atoms with Crippen LogP contribution in [0, 0.1) is 17.8 Å².